The van der Waals surface area contributed by atoms with E-state index < -0.39 is 0 Å². The first kappa shape index (κ1) is 17.4. The lowest BCUT2D eigenvalue weighted by molar-refractivity contribution is -0.140. The molecule has 23 heavy (non-hydrogen) atoms. The Hall–Kier alpha value is -1.95. The van der Waals surface area contributed by atoms with E-state index in [0.717, 1.165) is 42.8 Å². The monoisotopic (exact) mass is 338 g/mol. The number of esters is 1. The summed E-state index contributed by atoms with van der Waals surface area (Å²) in [5.41, 5.74) is 1.07. The third-order valence-electron chi connectivity index (χ3n) is 3.82. The van der Waals surface area contributed by atoms with Gasteiger partial charge in [0.25, 0.3) is 0 Å². The quantitative estimate of drug-likeness (QED) is 0.513. The summed E-state index contributed by atoms with van der Waals surface area (Å²) < 4.78 is 4.63. The van der Waals surface area contributed by atoms with Crippen molar-refractivity contribution in [2.24, 2.45) is 4.99 Å². The van der Waals surface area contributed by atoms with Gasteiger partial charge in [-0.05, 0) is 12.1 Å². The molecule has 1 N–H and O–H groups in total. The number of piperazine rings is 1. The highest BCUT2D eigenvalue weighted by atomic mass is 35.5. The van der Waals surface area contributed by atoms with Gasteiger partial charge in [-0.1, -0.05) is 23.7 Å². The summed E-state index contributed by atoms with van der Waals surface area (Å²) in [6.45, 7) is 3.97. The van der Waals surface area contributed by atoms with Crippen LogP contribution in [0.5, 0.6) is 0 Å². The fraction of sp³-hybridized carbons (Fsp3) is 0.500. The molecule has 1 heterocycles. The van der Waals surface area contributed by atoms with Gasteiger partial charge in [0.05, 0.1) is 24.2 Å². The number of anilines is 1. The fourth-order valence-corrected chi connectivity index (χ4v) is 2.83. The number of carbonyl (C=O) groups excluding carboxylic acids is 1. The number of carbonyl (C=O) groups is 1. The molecule has 7 heteroatoms. The number of rotatable bonds is 4. The molecule has 126 valence electrons. The molecule has 1 aromatic carbocycles. The molecule has 0 saturated carbocycles. The summed E-state index contributed by atoms with van der Waals surface area (Å²) in [6, 6.07) is 7.90. The Morgan fingerprint density at radius 3 is 2.61 bits per heavy atom. The maximum Gasteiger partial charge on any atom is 0.307 e. The molecular formula is C16H23ClN4O2. The zero-order valence-corrected chi connectivity index (χ0v) is 14.3. The van der Waals surface area contributed by atoms with Crippen LogP contribution >= 0.6 is 11.6 Å². The van der Waals surface area contributed by atoms with Crippen molar-refractivity contribution in [2.45, 2.75) is 6.42 Å². The van der Waals surface area contributed by atoms with E-state index in [1.54, 1.807) is 7.05 Å². The second kappa shape index (κ2) is 8.62. The van der Waals surface area contributed by atoms with Gasteiger partial charge in [-0.3, -0.25) is 9.79 Å². The number of guanidine groups is 1. The molecule has 6 nitrogen and oxygen atoms in total. The van der Waals surface area contributed by atoms with Crippen molar-refractivity contribution in [3.8, 4) is 0 Å². The number of methoxy groups -OCH3 is 1. The van der Waals surface area contributed by atoms with Crippen LogP contribution in [0.1, 0.15) is 6.42 Å². The van der Waals surface area contributed by atoms with E-state index in [0.29, 0.717) is 13.0 Å². The number of nitrogens with one attached hydrogen (secondary N) is 1. The molecule has 1 fully saturated rings. The summed E-state index contributed by atoms with van der Waals surface area (Å²) >= 11 is 6.26. The lowest BCUT2D eigenvalue weighted by atomic mass is 10.2. The van der Waals surface area contributed by atoms with E-state index in [1.807, 2.05) is 24.3 Å². The third kappa shape index (κ3) is 4.76. The van der Waals surface area contributed by atoms with Gasteiger partial charge in [-0.2, -0.15) is 0 Å². The summed E-state index contributed by atoms with van der Waals surface area (Å²) in [7, 11) is 3.14. The topological polar surface area (TPSA) is 57.2 Å². The van der Waals surface area contributed by atoms with Gasteiger partial charge in [0, 0.05) is 39.8 Å². The number of aliphatic imine (C=N–C) groups is 1. The molecule has 1 aliphatic rings. The number of nitrogens with zero attached hydrogens (tertiary/aromatic N) is 3. The minimum Gasteiger partial charge on any atom is -0.469 e. The Bertz CT molecular complexity index is 557. The van der Waals surface area contributed by atoms with E-state index in [-0.39, 0.29) is 5.97 Å². The van der Waals surface area contributed by atoms with Gasteiger partial charge in [0.1, 0.15) is 0 Å². The fourth-order valence-electron chi connectivity index (χ4n) is 2.58. The van der Waals surface area contributed by atoms with Crippen LogP contribution in [0, 0.1) is 0 Å². The van der Waals surface area contributed by atoms with Gasteiger partial charge in [0.15, 0.2) is 5.96 Å². The Kier molecular flexibility index (Phi) is 6.52. The van der Waals surface area contributed by atoms with Gasteiger partial charge >= 0.3 is 5.97 Å². The lowest BCUT2D eigenvalue weighted by Gasteiger charge is -2.38. The minimum atomic E-state index is -0.225. The second-order valence-corrected chi connectivity index (χ2v) is 5.63. The average molecular weight is 339 g/mol. The Labute approximate surface area is 142 Å². The highest BCUT2D eigenvalue weighted by Gasteiger charge is 2.20. The van der Waals surface area contributed by atoms with Crippen molar-refractivity contribution in [2.75, 3.05) is 51.8 Å². The van der Waals surface area contributed by atoms with Crippen molar-refractivity contribution in [3.63, 3.8) is 0 Å². The van der Waals surface area contributed by atoms with Gasteiger partial charge in [0.2, 0.25) is 0 Å². The van der Waals surface area contributed by atoms with Crippen LogP contribution in [0.4, 0.5) is 5.69 Å². The molecular weight excluding hydrogens is 316 g/mol. The lowest BCUT2D eigenvalue weighted by Crippen LogP contribution is -2.52. The van der Waals surface area contributed by atoms with Crippen LogP contribution in [-0.4, -0.2) is 63.7 Å². The first-order chi connectivity index (χ1) is 11.2. The maximum absolute atomic E-state index is 11.2. The number of halogens is 1. The first-order valence-electron chi connectivity index (χ1n) is 7.67. The smallest absolute Gasteiger partial charge is 0.307 e. The zero-order chi connectivity index (χ0) is 16.7. The highest BCUT2D eigenvalue weighted by molar-refractivity contribution is 6.33. The van der Waals surface area contributed by atoms with E-state index in [2.05, 4.69) is 24.8 Å². The first-order valence-corrected chi connectivity index (χ1v) is 8.05. The molecule has 0 amide bonds. The molecule has 0 radical (unpaired) electrons. The van der Waals surface area contributed by atoms with Crippen molar-refractivity contribution in [1.82, 2.24) is 10.2 Å². The summed E-state index contributed by atoms with van der Waals surface area (Å²) in [4.78, 5) is 19.9. The molecule has 0 spiro atoms. The van der Waals surface area contributed by atoms with E-state index in [4.69, 9.17) is 11.6 Å². The van der Waals surface area contributed by atoms with Crippen molar-refractivity contribution >= 4 is 29.2 Å². The van der Waals surface area contributed by atoms with Crippen LogP contribution in [-0.2, 0) is 9.53 Å². The van der Waals surface area contributed by atoms with Gasteiger partial charge < -0.3 is 19.9 Å². The molecule has 0 bridgehead atoms. The van der Waals surface area contributed by atoms with E-state index in [1.165, 1.54) is 7.11 Å². The van der Waals surface area contributed by atoms with Crippen LogP contribution in [0.3, 0.4) is 0 Å². The Morgan fingerprint density at radius 1 is 1.30 bits per heavy atom. The van der Waals surface area contributed by atoms with Crippen LogP contribution in [0.25, 0.3) is 0 Å². The summed E-state index contributed by atoms with van der Waals surface area (Å²) in [5.74, 6) is 0.587. The summed E-state index contributed by atoms with van der Waals surface area (Å²) in [6.07, 6.45) is 0.328. The van der Waals surface area contributed by atoms with Crippen molar-refractivity contribution in [1.29, 1.82) is 0 Å². The average Bonchev–Trinajstić information content (AvgIpc) is 2.59. The van der Waals surface area contributed by atoms with Crippen molar-refractivity contribution < 1.29 is 9.53 Å². The van der Waals surface area contributed by atoms with Crippen molar-refractivity contribution in [3.05, 3.63) is 29.3 Å². The predicted octanol–water partition coefficient (Wildman–Crippen LogP) is 1.60. The van der Waals surface area contributed by atoms with Gasteiger partial charge in [-0.15, -0.1) is 0 Å². The Morgan fingerprint density at radius 2 is 2.00 bits per heavy atom. The Balaban J connectivity index is 1.85. The van der Waals surface area contributed by atoms with E-state index >= 15 is 0 Å². The maximum atomic E-state index is 11.2. The zero-order valence-electron chi connectivity index (χ0n) is 13.6. The second-order valence-electron chi connectivity index (χ2n) is 5.23. The SMILES string of the molecule is CN=C(NCCC(=O)OC)N1CCN(c2ccccc2Cl)CC1. The number of hydrogen-bond acceptors (Lipinski definition) is 4. The predicted molar refractivity (Wildman–Crippen MR) is 93.2 cm³/mol. The standard InChI is InChI=1S/C16H23ClN4O2/c1-18-16(19-8-7-15(22)23-2)21-11-9-20(10-12-21)14-6-4-3-5-13(14)17/h3-6H,7-12H2,1-2H3,(H,18,19). The molecule has 1 saturated heterocycles. The molecule has 0 aliphatic carbocycles. The highest BCUT2D eigenvalue weighted by Crippen LogP contribution is 2.25. The van der Waals surface area contributed by atoms with Gasteiger partial charge in [-0.25, -0.2) is 0 Å². The third-order valence-corrected chi connectivity index (χ3v) is 4.14. The van der Waals surface area contributed by atoms with Crippen LogP contribution in [0.2, 0.25) is 5.02 Å². The molecule has 2 rings (SSSR count). The minimum absolute atomic E-state index is 0.225. The van der Waals surface area contributed by atoms with E-state index in [9.17, 15) is 4.79 Å². The number of benzene rings is 1. The summed E-state index contributed by atoms with van der Waals surface area (Å²) in [5, 5.41) is 3.98. The molecule has 0 aromatic heterocycles. The van der Waals surface area contributed by atoms with Crippen LogP contribution in [0.15, 0.2) is 29.3 Å². The number of ether oxygens (including phenoxy) is 1. The molecule has 1 aromatic rings. The number of para-hydroxylation sites is 1. The largest absolute Gasteiger partial charge is 0.469 e. The molecule has 0 atom stereocenters. The normalized spacial score (nSPS) is 15.5. The molecule has 1 aliphatic heterocycles. The number of hydrogen-bond donors (Lipinski definition) is 1. The van der Waals surface area contributed by atoms with Crippen LogP contribution < -0.4 is 10.2 Å². The molecule has 0 unspecified atom stereocenters.